The van der Waals surface area contributed by atoms with E-state index in [0.29, 0.717) is 0 Å². The summed E-state index contributed by atoms with van der Waals surface area (Å²) in [4.78, 5) is 31.3. The lowest BCUT2D eigenvalue weighted by Crippen LogP contribution is -2.36. The van der Waals surface area contributed by atoms with Gasteiger partial charge in [0.25, 0.3) is 5.16 Å². The molecule has 1 aromatic heterocycles. The molecule has 0 fully saturated rings. The fraction of sp³-hybridized carbons (Fsp3) is 0.368. The molecule has 1 aromatic carbocycles. The summed E-state index contributed by atoms with van der Waals surface area (Å²) in [5.41, 5.74) is 5.38. The van der Waals surface area contributed by atoms with E-state index in [0.717, 1.165) is 55.3 Å². The lowest BCUT2D eigenvalue weighted by molar-refractivity contribution is 0.101. The molecule has 2 aliphatic rings. The fourth-order valence-corrected chi connectivity index (χ4v) is 4.74. The highest BCUT2D eigenvalue weighted by atomic mass is 32.2. The monoisotopic (exact) mass is 400 g/mol. The lowest BCUT2D eigenvalue weighted by Gasteiger charge is -2.16. The molecule has 0 spiro atoms. The summed E-state index contributed by atoms with van der Waals surface area (Å²) in [5.74, 6) is -0.390. The number of fused-ring (bicyclic) bond motifs is 2. The SMILES string of the molecule is CC(=O)c1ccnc(S(=O)(=O)NC(=O)Nc2c3c(cc4c2CCC4)CCC3)n1. The molecule has 9 heteroatoms. The summed E-state index contributed by atoms with van der Waals surface area (Å²) in [6, 6.07) is 2.69. The maximum absolute atomic E-state index is 12.5. The number of amides is 2. The molecule has 0 radical (unpaired) electrons. The summed E-state index contributed by atoms with van der Waals surface area (Å²) >= 11 is 0. The minimum atomic E-state index is -4.30. The largest absolute Gasteiger partial charge is 0.333 e. The van der Waals surface area contributed by atoms with Gasteiger partial charge in [-0.2, -0.15) is 8.42 Å². The average Bonchev–Trinajstić information content (AvgIpc) is 3.30. The van der Waals surface area contributed by atoms with Gasteiger partial charge in [-0.05, 0) is 66.8 Å². The molecule has 4 rings (SSSR count). The standard InChI is InChI=1S/C19H20N4O4S/c1-11(24)16-8-9-20-19(21-16)28(26,27)23-18(25)22-17-14-6-2-4-12(14)10-13-5-3-7-15(13)17/h8-10H,2-7H2,1H3,(H2,22,23,25). The Bertz CT molecular complexity index is 1060. The smallest absolute Gasteiger partial charge is 0.307 e. The van der Waals surface area contributed by atoms with Gasteiger partial charge in [0.05, 0.1) is 0 Å². The highest BCUT2D eigenvalue weighted by molar-refractivity contribution is 7.89. The molecule has 1 heterocycles. The van der Waals surface area contributed by atoms with Crippen molar-refractivity contribution in [3.8, 4) is 0 Å². The van der Waals surface area contributed by atoms with E-state index in [1.165, 1.54) is 30.3 Å². The van der Waals surface area contributed by atoms with Gasteiger partial charge in [0.2, 0.25) is 0 Å². The number of urea groups is 1. The van der Waals surface area contributed by atoms with Gasteiger partial charge in [0.15, 0.2) is 5.78 Å². The van der Waals surface area contributed by atoms with E-state index < -0.39 is 27.0 Å². The minimum Gasteiger partial charge on any atom is -0.307 e. The molecular weight excluding hydrogens is 380 g/mol. The van der Waals surface area contributed by atoms with Crippen molar-refractivity contribution in [2.75, 3.05) is 5.32 Å². The van der Waals surface area contributed by atoms with Crippen LogP contribution in [-0.4, -0.2) is 30.2 Å². The summed E-state index contributed by atoms with van der Waals surface area (Å²) in [5, 5.41) is 2.14. The van der Waals surface area contributed by atoms with Crippen molar-refractivity contribution >= 4 is 27.5 Å². The van der Waals surface area contributed by atoms with Crippen molar-refractivity contribution < 1.29 is 18.0 Å². The second-order valence-corrected chi connectivity index (χ2v) is 8.65. The number of sulfonamides is 1. The van der Waals surface area contributed by atoms with Crippen molar-refractivity contribution in [1.29, 1.82) is 0 Å². The number of aryl methyl sites for hydroxylation is 2. The second-order valence-electron chi connectivity index (χ2n) is 7.07. The van der Waals surface area contributed by atoms with Gasteiger partial charge in [-0.25, -0.2) is 19.5 Å². The first-order valence-electron chi connectivity index (χ1n) is 9.19. The van der Waals surface area contributed by atoms with Gasteiger partial charge in [0, 0.05) is 18.8 Å². The molecule has 2 aliphatic carbocycles. The first-order valence-corrected chi connectivity index (χ1v) is 10.7. The van der Waals surface area contributed by atoms with E-state index in [9.17, 15) is 18.0 Å². The number of Topliss-reactive ketones (excluding diaryl/α,β-unsaturated/α-hetero) is 1. The summed E-state index contributed by atoms with van der Waals surface area (Å²) in [6.45, 7) is 1.27. The van der Waals surface area contributed by atoms with Gasteiger partial charge in [-0.1, -0.05) is 6.07 Å². The highest BCUT2D eigenvalue weighted by Crippen LogP contribution is 2.38. The maximum Gasteiger partial charge on any atom is 0.333 e. The number of benzene rings is 1. The van der Waals surface area contributed by atoms with Gasteiger partial charge in [-0.3, -0.25) is 4.79 Å². The predicted molar refractivity (Wildman–Crippen MR) is 102 cm³/mol. The van der Waals surface area contributed by atoms with Crippen LogP contribution in [0.3, 0.4) is 0 Å². The third kappa shape index (κ3) is 3.37. The number of carbonyl (C=O) groups is 2. The Kier molecular flexibility index (Phi) is 4.62. The van der Waals surface area contributed by atoms with Gasteiger partial charge >= 0.3 is 16.1 Å². The molecule has 146 valence electrons. The van der Waals surface area contributed by atoms with E-state index in [2.05, 4.69) is 21.4 Å². The van der Waals surface area contributed by atoms with Crippen LogP contribution in [0.15, 0.2) is 23.5 Å². The number of hydrogen-bond donors (Lipinski definition) is 2. The van der Waals surface area contributed by atoms with Crippen LogP contribution in [0.1, 0.15) is 52.5 Å². The van der Waals surface area contributed by atoms with Crippen LogP contribution in [0.4, 0.5) is 10.5 Å². The first kappa shape index (κ1) is 18.5. The molecule has 2 N–H and O–H groups in total. The third-order valence-electron chi connectivity index (χ3n) is 5.17. The Labute approximate surface area is 162 Å². The Balaban J connectivity index is 1.59. The van der Waals surface area contributed by atoms with E-state index >= 15 is 0 Å². The Morgan fingerprint density at radius 3 is 2.29 bits per heavy atom. The van der Waals surface area contributed by atoms with Crippen molar-refractivity contribution in [3.63, 3.8) is 0 Å². The van der Waals surface area contributed by atoms with Crippen LogP contribution in [0.25, 0.3) is 0 Å². The molecule has 0 atom stereocenters. The predicted octanol–water partition coefficient (Wildman–Crippen LogP) is 2.17. The van der Waals surface area contributed by atoms with E-state index in [-0.39, 0.29) is 5.69 Å². The minimum absolute atomic E-state index is 0.0329. The summed E-state index contributed by atoms with van der Waals surface area (Å²) in [6.07, 6.45) is 6.92. The number of hydrogen-bond acceptors (Lipinski definition) is 6. The van der Waals surface area contributed by atoms with Crippen LogP contribution in [0.5, 0.6) is 0 Å². The molecular formula is C19H20N4O4S. The van der Waals surface area contributed by atoms with Crippen LogP contribution >= 0.6 is 0 Å². The maximum atomic E-state index is 12.5. The van der Waals surface area contributed by atoms with Gasteiger partial charge in [-0.15, -0.1) is 0 Å². The zero-order chi connectivity index (χ0) is 19.9. The van der Waals surface area contributed by atoms with Crippen LogP contribution in [-0.2, 0) is 35.7 Å². The third-order valence-corrected chi connectivity index (χ3v) is 6.30. The topological polar surface area (TPSA) is 118 Å². The number of ketones is 1. The molecule has 28 heavy (non-hydrogen) atoms. The van der Waals surface area contributed by atoms with E-state index in [1.54, 1.807) is 0 Å². The molecule has 0 saturated heterocycles. The number of rotatable bonds is 4. The molecule has 0 aliphatic heterocycles. The van der Waals surface area contributed by atoms with Crippen molar-refractivity contribution in [2.24, 2.45) is 0 Å². The number of nitrogens with one attached hydrogen (secondary N) is 2. The van der Waals surface area contributed by atoms with Crippen LogP contribution in [0, 0.1) is 0 Å². The average molecular weight is 400 g/mol. The van der Waals surface area contributed by atoms with Crippen molar-refractivity contribution in [1.82, 2.24) is 14.7 Å². The molecule has 2 aromatic rings. The zero-order valence-electron chi connectivity index (χ0n) is 15.4. The summed E-state index contributed by atoms with van der Waals surface area (Å²) in [7, 11) is -4.30. The summed E-state index contributed by atoms with van der Waals surface area (Å²) < 4.78 is 26.9. The Morgan fingerprint density at radius 2 is 1.68 bits per heavy atom. The second kappa shape index (κ2) is 6.97. The van der Waals surface area contributed by atoms with Crippen molar-refractivity contribution in [2.45, 2.75) is 50.6 Å². The van der Waals surface area contributed by atoms with Gasteiger partial charge in [0.1, 0.15) is 5.69 Å². The van der Waals surface area contributed by atoms with Crippen LogP contribution in [0.2, 0.25) is 0 Å². The molecule has 0 saturated carbocycles. The Morgan fingerprint density at radius 1 is 1.04 bits per heavy atom. The quantitative estimate of drug-likeness (QED) is 0.600. The molecule has 0 bridgehead atoms. The van der Waals surface area contributed by atoms with E-state index in [4.69, 9.17) is 0 Å². The van der Waals surface area contributed by atoms with Crippen molar-refractivity contribution in [3.05, 3.63) is 46.3 Å². The van der Waals surface area contributed by atoms with Crippen LogP contribution < -0.4 is 10.0 Å². The van der Waals surface area contributed by atoms with Gasteiger partial charge < -0.3 is 5.32 Å². The highest BCUT2D eigenvalue weighted by Gasteiger charge is 2.27. The molecule has 0 unspecified atom stereocenters. The fourth-order valence-electron chi connectivity index (χ4n) is 3.94. The van der Waals surface area contributed by atoms with E-state index in [1.807, 2.05) is 4.72 Å². The molecule has 8 nitrogen and oxygen atoms in total. The normalized spacial score (nSPS) is 15.0. The molecule has 2 amide bonds. The number of nitrogens with zero attached hydrogens (tertiary/aromatic N) is 2. The first-order chi connectivity index (χ1) is 13.3. The number of anilines is 1. The zero-order valence-corrected chi connectivity index (χ0v) is 16.2. The number of carbonyl (C=O) groups excluding carboxylic acids is 2. The number of aromatic nitrogens is 2. The lowest BCUT2D eigenvalue weighted by atomic mass is 9.99. The Hall–Kier alpha value is -2.81.